The number of fused-ring (bicyclic) bond motifs is 1. The lowest BCUT2D eigenvalue weighted by atomic mass is 10.0. The number of guanidine groups is 1. The number of aryl methyl sites for hydroxylation is 1. The summed E-state index contributed by atoms with van der Waals surface area (Å²) < 4.78 is 0.382. The first-order valence-corrected chi connectivity index (χ1v) is 10.3. The summed E-state index contributed by atoms with van der Waals surface area (Å²) in [5.74, 6) is -0.224. The molecule has 0 aliphatic heterocycles. The molecule has 0 radical (unpaired) electrons. The molecule has 0 spiro atoms. The molecule has 156 valence electrons. The molecule has 30 heavy (non-hydrogen) atoms. The molecular weight excluding hydrogens is 497 g/mol. The van der Waals surface area contributed by atoms with E-state index in [1.54, 1.807) is 12.1 Å². The van der Waals surface area contributed by atoms with E-state index in [1.807, 2.05) is 34.7 Å². The predicted molar refractivity (Wildman–Crippen MR) is 126 cm³/mol. The van der Waals surface area contributed by atoms with E-state index in [0.29, 0.717) is 10.2 Å². The van der Waals surface area contributed by atoms with Gasteiger partial charge in [-0.05, 0) is 70.3 Å². The number of amides is 1. The van der Waals surface area contributed by atoms with Crippen LogP contribution < -0.4 is 22.5 Å². The third kappa shape index (κ3) is 5.47. The zero-order valence-corrected chi connectivity index (χ0v) is 18.3. The molecule has 1 heterocycles. The third-order valence-corrected chi connectivity index (χ3v) is 5.20. The number of carbonyl (C=O) groups is 1. The van der Waals surface area contributed by atoms with Crippen molar-refractivity contribution in [3.05, 3.63) is 51.4 Å². The maximum atomic E-state index is 12.2. The Morgan fingerprint density at radius 2 is 1.80 bits per heavy atom. The summed E-state index contributed by atoms with van der Waals surface area (Å²) in [5, 5.41) is 14.1. The summed E-state index contributed by atoms with van der Waals surface area (Å²) in [5.41, 5.74) is 18.3. The number of nitrogens with two attached hydrogens (primary N) is 3. The topological polar surface area (TPSA) is 166 Å². The SMILES string of the molecule is NC(=NCCCCc1ccc2cc(O)ccc2c1)NC(=O)c1nc(I)c(N)nc1N. The second-order valence-corrected chi connectivity index (χ2v) is 7.70. The third-order valence-electron chi connectivity index (χ3n) is 4.41. The number of unbranched alkanes of at least 4 members (excludes halogenated alkanes) is 1. The van der Waals surface area contributed by atoms with E-state index in [9.17, 15) is 9.90 Å². The first kappa shape index (κ1) is 21.6. The smallest absolute Gasteiger partial charge is 0.280 e. The van der Waals surface area contributed by atoms with Crippen LogP contribution in [0.5, 0.6) is 5.75 Å². The maximum Gasteiger partial charge on any atom is 0.280 e. The summed E-state index contributed by atoms with van der Waals surface area (Å²) >= 11 is 1.87. The molecule has 0 saturated carbocycles. The number of halogens is 1. The van der Waals surface area contributed by atoms with Crippen molar-refractivity contribution in [2.75, 3.05) is 18.0 Å². The van der Waals surface area contributed by atoms with Crippen molar-refractivity contribution in [1.29, 1.82) is 0 Å². The molecule has 2 aromatic carbocycles. The molecule has 0 fully saturated rings. The first-order chi connectivity index (χ1) is 14.3. The lowest BCUT2D eigenvalue weighted by Gasteiger charge is -2.07. The summed E-state index contributed by atoms with van der Waals surface area (Å²) in [7, 11) is 0. The molecule has 0 unspecified atom stereocenters. The molecule has 1 aromatic heterocycles. The standard InChI is InChI=1S/C20H22IN7O2/c21-16-18(23)27-17(22)15(26-16)19(30)28-20(24)25-8-2-1-3-11-4-5-13-10-14(29)7-6-12(13)9-11/h4-7,9-10,29H,1-3,8H2,(H4,22,23,27)(H3,24,25,28,30). The molecule has 0 aliphatic carbocycles. The summed E-state index contributed by atoms with van der Waals surface area (Å²) in [6.45, 7) is 0.480. The molecule has 1 amide bonds. The molecule has 0 bridgehead atoms. The highest BCUT2D eigenvalue weighted by atomic mass is 127. The molecule has 9 nitrogen and oxygen atoms in total. The van der Waals surface area contributed by atoms with Crippen LogP contribution in [0.2, 0.25) is 0 Å². The molecule has 8 N–H and O–H groups in total. The Morgan fingerprint density at radius 3 is 2.60 bits per heavy atom. The number of phenolic OH excluding ortho intramolecular Hbond substituents is 1. The average molecular weight is 519 g/mol. The van der Waals surface area contributed by atoms with Crippen molar-refractivity contribution in [3.63, 3.8) is 0 Å². The number of aromatic nitrogens is 2. The molecule has 0 saturated heterocycles. The van der Waals surface area contributed by atoms with E-state index in [2.05, 4.69) is 32.4 Å². The number of phenols is 1. The zero-order valence-electron chi connectivity index (χ0n) is 16.1. The number of benzene rings is 2. The van der Waals surface area contributed by atoms with Gasteiger partial charge >= 0.3 is 0 Å². The van der Waals surface area contributed by atoms with Crippen LogP contribution in [0.25, 0.3) is 10.8 Å². The second-order valence-electron chi connectivity index (χ2n) is 6.68. The maximum absolute atomic E-state index is 12.2. The monoisotopic (exact) mass is 519 g/mol. The van der Waals surface area contributed by atoms with Gasteiger partial charge in [0.2, 0.25) is 0 Å². The van der Waals surface area contributed by atoms with Gasteiger partial charge in [-0.2, -0.15) is 0 Å². The number of aromatic hydroxyl groups is 1. The van der Waals surface area contributed by atoms with Gasteiger partial charge in [-0.25, -0.2) is 9.97 Å². The molecule has 10 heteroatoms. The van der Waals surface area contributed by atoms with Crippen LogP contribution in [-0.4, -0.2) is 33.5 Å². The summed E-state index contributed by atoms with van der Waals surface area (Å²) in [6.07, 6.45) is 2.63. The quantitative estimate of drug-likeness (QED) is 0.144. The van der Waals surface area contributed by atoms with E-state index in [0.717, 1.165) is 30.0 Å². The van der Waals surface area contributed by atoms with Gasteiger partial charge in [0, 0.05) is 6.54 Å². The van der Waals surface area contributed by atoms with Crippen molar-refractivity contribution in [3.8, 4) is 5.75 Å². The van der Waals surface area contributed by atoms with Gasteiger partial charge in [-0.15, -0.1) is 0 Å². The number of hydrogen-bond donors (Lipinski definition) is 5. The van der Waals surface area contributed by atoms with Crippen LogP contribution in [0.4, 0.5) is 11.6 Å². The van der Waals surface area contributed by atoms with Crippen molar-refractivity contribution in [2.45, 2.75) is 19.3 Å². The van der Waals surface area contributed by atoms with Crippen LogP contribution in [0.15, 0.2) is 41.4 Å². The fourth-order valence-corrected chi connectivity index (χ4v) is 3.26. The Kier molecular flexibility index (Phi) is 6.87. The Bertz CT molecular complexity index is 1120. The fourth-order valence-electron chi connectivity index (χ4n) is 2.90. The van der Waals surface area contributed by atoms with Gasteiger partial charge in [0.25, 0.3) is 5.91 Å². The van der Waals surface area contributed by atoms with Crippen LogP contribution >= 0.6 is 22.6 Å². The van der Waals surface area contributed by atoms with E-state index in [1.165, 1.54) is 5.56 Å². The fraction of sp³-hybridized carbons (Fsp3) is 0.200. The van der Waals surface area contributed by atoms with E-state index in [-0.39, 0.29) is 29.0 Å². The van der Waals surface area contributed by atoms with Gasteiger partial charge in [-0.1, -0.05) is 24.3 Å². The number of carbonyl (C=O) groups excluding carboxylic acids is 1. The van der Waals surface area contributed by atoms with Crippen molar-refractivity contribution >= 4 is 56.9 Å². The summed E-state index contributed by atoms with van der Waals surface area (Å²) in [6, 6.07) is 11.5. The van der Waals surface area contributed by atoms with Crippen LogP contribution in [0.1, 0.15) is 28.9 Å². The predicted octanol–water partition coefficient (Wildman–Crippen LogP) is 2.17. The minimum atomic E-state index is -0.582. The molecule has 3 rings (SSSR count). The zero-order chi connectivity index (χ0) is 21.7. The number of aliphatic imine (C=N–C) groups is 1. The molecule has 3 aromatic rings. The lowest BCUT2D eigenvalue weighted by Crippen LogP contribution is -2.38. The Morgan fingerprint density at radius 1 is 1.07 bits per heavy atom. The first-order valence-electron chi connectivity index (χ1n) is 9.25. The average Bonchev–Trinajstić information content (AvgIpc) is 2.70. The highest BCUT2D eigenvalue weighted by molar-refractivity contribution is 14.1. The number of rotatable bonds is 6. The number of nitrogens with one attached hydrogen (secondary N) is 1. The Balaban J connectivity index is 1.48. The van der Waals surface area contributed by atoms with E-state index in [4.69, 9.17) is 17.2 Å². The molecule has 0 atom stereocenters. The minimum Gasteiger partial charge on any atom is -0.508 e. The second kappa shape index (κ2) is 9.57. The largest absolute Gasteiger partial charge is 0.508 e. The van der Waals surface area contributed by atoms with Crippen LogP contribution in [-0.2, 0) is 6.42 Å². The number of hydrogen-bond acceptors (Lipinski definition) is 7. The molecule has 0 aliphatic rings. The van der Waals surface area contributed by atoms with Crippen molar-refractivity contribution in [1.82, 2.24) is 15.3 Å². The highest BCUT2D eigenvalue weighted by Gasteiger charge is 2.16. The minimum absolute atomic E-state index is 0.00135. The van der Waals surface area contributed by atoms with Gasteiger partial charge in [0.1, 0.15) is 9.45 Å². The van der Waals surface area contributed by atoms with Gasteiger partial charge < -0.3 is 22.3 Å². The number of anilines is 2. The number of nitrogens with zero attached hydrogens (tertiary/aromatic N) is 3. The Labute approximate surface area is 186 Å². The van der Waals surface area contributed by atoms with Crippen LogP contribution in [0, 0.1) is 3.70 Å². The molecular formula is C20H22IN7O2. The van der Waals surface area contributed by atoms with Crippen molar-refractivity contribution in [2.24, 2.45) is 10.7 Å². The summed E-state index contributed by atoms with van der Waals surface area (Å²) in [4.78, 5) is 24.3. The highest BCUT2D eigenvalue weighted by Crippen LogP contribution is 2.21. The number of nitrogen functional groups attached to an aromatic ring is 2. The Hall–Kier alpha value is -3.15. The lowest BCUT2D eigenvalue weighted by molar-refractivity contribution is 0.0972. The van der Waals surface area contributed by atoms with Gasteiger partial charge in [0.05, 0.1) is 0 Å². The van der Waals surface area contributed by atoms with Gasteiger partial charge in [0.15, 0.2) is 23.3 Å². The van der Waals surface area contributed by atoms with Crippen molar-refractivity contribution < 1.29 is 9.90 Å². The normalized spacial score (nSPS) is 11.6. The van der Waals surface area contributed by atoms with E-state index >= 15 is 0 Å². The van der Waals surface area contributed by atoms with Crippen LogP contribution in [0.3, 0.4) is 0 Å². The van der Waals surface area contributed by atoms with E-state index < -0.39 is 5.91 Å². The van der Waals surface area contributed by atoms with Gasteiger partial charge in [-0.3, -0.25) is 15.1 Å².